The summed E-state index contributed by atoms with van der Waals surface area (Å²) in [5.41, 5.74) is 0. The molecule has 0 radical (unpaired) electrons. The number of aliphatic carboxylic acids is 1. The summed E-state index contributed by atoms with van der Waals surface area (Å²) >= 11 is 0. The van der Waals surface area contributed by atoms with Crippen molar-refractivity contribution < 1.29 is 58.9 Å². The molecule has 0 saturated carbocycles. The van der Waals surface area contributed by atoms with Crippen LogP contribution >= 0.6 is 0 Å². The second-order valence-corrected chi connectivity index (χ2v) is 1.88. The number of hydrogen-bond donors (Lipinski definition) is 1. The first-order valence-electron chi connectivity index (χ1n) is 3.10. The average Bonchev–Trinajstić information content (AvgIpc) is 2.00. The normalized spacial score (nSPS) is 8.38. The van der Waals surface area contributed by atoms with Gasteiger partial charge in [0.25, 0.3) is 0 Å². The van der Waals surface area contributed by atoms with Crippen LogP contribution in [0.4, 0.5) is 0 Å². The molecule has 0 bridgehead atoms. The van der Waals surface area contributed by atoms with E-state index in [2.05, 4.69) is 4.74 Å². The van der Waals surface area contributed by atoms with E-state index in [0.717, 1.165) is 0 Å². The molecule has 0 aliphatic carbocycles. The van der Waals surface area contributed by atoms with Crippen molar-refractivity contribution in [2.24, 2.45) is 0 Å². The number of ether oxygens (including phenoxy) is 1. The van der Waals surface area contributed by atoms with E-state index in [1.165, 1.54) is 0 Å². The molecule has 13 heavy (non-hydrogen) atoms. The van der Waals surface area contributed by atoms with E-state index in [-0.39, 0.29) is 29.6 Å². The maximum atomic E-state index is 10.5. The summed E-state index contributed by atoms with van der Waals surface area (Å²) < 4.78 is 3.93. The van der Waals surface area contributed by atoms with Gasteiger partial charge >= 0.3 is 41.5 Å². The third-order valence-electron chi connectivity index (χ3n) is 0.890. The number of aliphatic hydroxyl groups is 1. The van der Waals surface area contributed by atoms with Gasteiger partial charge in [0.1, 0.15) is 6.61 Å². The van der Waals surface area contributed by atoms with Gasteiger partial charge in [0.15, 0.2) is 0 Å². The van der Waals surface area contributed by atoms with E-state index in [4.69, 9.17) is 5.11 Å². The van der Waals surface area contributed by atoms with E-state index in [0.29, 0.717) is 0 Å². The van der Waals surface area contributed by atoms with Crippen LogP contribution in [0.25, 0.3) is 0 Å². The first kappa shape index (κ1) is 15.1. The Labute approximate surface area is 96.2 Å². The van der Waals surface area contributed by atoms with Crippen LogP contribution in [-0.2, 0) is 19.1 Å². The second-order valence-electron chi connectivity index (χ2n) is 1.88. The van der Waals surface area contributed by atoms with E-state index in [1.54, 1.807) is 0 Å². The second kappa shape index (κ2) is 8.18. The van der Waals surface area contributed by atoms with Gasteiger partial charge in [-0.2, -0.15) is 0 Å². The van der Waals surface area contributed by atoms with Gasteiger partial charge in [0.05, 0.1) is 6.42 Å². The molecule has 0 saturated heterocycles. The monoisotopic (exact) mass is 198 g/mol. The minimum atomic E-state index is -1.40. The molecule has 68 valence electrons. The largest absolute Gasteiger partial charge is 1.00 e. The fraction of sp³-hybridized carbons (Fsp3) is 0.500. The molecule has 0 aliphatic heterocycles. The summed E-state index contributed by atoms with van der Waals surface area (Å²) in [5.74, 6) is -3.49. The van der Waals surface area contributed by atoms with Crippen molar-refractivity contribution >= 4 is 17.9 Å². The van der Waals surface area contributed by atoms with Gasteiger partial charge < -0.3 is 19.7 Å². The van der Waals surface area contributed by atoms with Gasteiger partial charge in [0.2, 0.25) is 0 Å². The third-order valence-corrected chi connectivity index (χ3v) is 0.890. The summed E-state index contributed by atoms with van der Waals surface area (Å²) in [4.78, 5) is 30.5. The number of aliphatic hydroxyl groups excluding tert-OH is 1. The standard InChI is InChI=1S/C6H8O6.Na/c7-3-6(11)12-5(10)2-1-4(8)9;/h7H,1-3H2,(H,8,9);/q;+1/p-1. The van der Waals surface area contributed by atoms with Crippen molar-refractivity contribution in [3.05, 3.63) is 0 Å². The molecule has 0 aliphatic rings. The van der Waals surface area contributed by atoms with Gasteiger partial charge in [-0.05, 0) is 6.42 Å². The Morgan fingerprint density at radius 3 is 2.08 bits per heavy atom. The molecule has 6 nitrogen and oxygen atoms in total. The smallest absolute Gasteiger partial charge is 0.550 e. The molecule has 0 aromatic rings. The molecular formula is C6H7NaO6. The van der Waals surface area contributed by atoms with Crippen LogP contribution in [0.3, 0.4) is 0 Å². The van der Waals surface area contributed by atoms with Crippen molar-refractivity contribution in [3.63, 3.8) is 0 Å². The van der Waals surface area contributed by atoms with Crippen LogP contribution in [0, 0.1) is 0 Å². The molecule has 0 fully saturated rings. The van der Waals surface area contributed by atoms with Gasteiger partial charge in [-0.1, -0.05) is 0 Å². The number of carboxylic acid groups (broad SMARTS) is 1. The zero-order chi connectivity index (χ0) is 9.56. The van der Waals surface area contributed by atoms with Crippen molar-refractivity contribution in [2.75, 3.05) is 6.61 Å². The van der Waals surface area contributed by atoms with Gasteiger partial charge in [0, 0.05) is 5.97 Å². The average molecular weight is 198 g/mol. The molecule has 0 amide bonds. The van der Waals surface area contributed by atoms with Crippen LogP contribution in [0.1, 0.15) is 12.8 Å². The Morgan fingerprint density at radius 1 is 1.15 bits per heavy atom. The van der Waals surface area contributed by atoms with E-state index >= 15 is 0 Å². The maximum Gasteiger partial charge on any atom is 1.00 e. The number of esters is 2. The molecule has 0 unspecified atom stereocenters. The first-order valence-corrected chi connectivity index (χ1v) is 3.10. The fourth-order valence-electron chi connectivity index (χ4n) is 0.414. The predicted octanol–water partition coefficient (Wildman–Crippen LogP) is -5.42. The summed E-state index contributed by atoms with van der Waals surface area (Å²) in [7, 11) is 0. The van der Waals surface area contributed by atoms with Crippen LogP contribution in [0.5, 0.6) is 0 Å². The van der Waals surface area contributed by atoms with Crippen LogP contribution in [0.15, 0.2) is 0 Å². The van der Waals surface area contributed by atoms with E-state index in [1.807, 2.05) is 0 Å². The molecule has 7 heteroatoms. The zero-order valence-corrected chi connectivity index (χ0v) is 9.11. The summed E-state index contributed by atoms with van der Waals surface area (Å²) in [6.07, 6.45) is -0.939. The van der Waals surface area contributed by atoms with Crippen molar-refractivity contribution in [1.29, 1.82) is 0 Å². The first-order chi connectivity index (χ1) is 5.56. The third kappa shape index (κ3) is 9.48. The minimum absolute atomic E-state index is 0. The summed E-state index contributed by atoms with van der Waals surface area (Å²) in [5, 5.41) is 17.9. The molecule has 0 spiro atoms. The van der Waals surface area contributed by atoms with Gasteiger partial charge in [-0.3, -0.25) is 4.79 Å². The van der Waals surface area contributed by atoms with Crippen molar-refractivity contribution in [3.8, 4) is 0 Å². The Morgan fingerprint density at radius 2 is 1.69 bits per heavy atom. The molecule has 0 aromatic heterocycles. The van der Waals surface area contributed by atoms with Gasteiger partial charge in [-0.15, -0.1) is 0 Å². The number of rotatable bonds is 4. The minimum Gasteiger partial charge on any atom is -0.550 e. The Kier molecular flexibility index (Phi) is 9.48. The van der Waals surface area contributed by atoms with Crippen LogP contribution in [-0.4, -0.2) is 29.6 Å². The predicted molar refractivity (Wildman–Crippen MR) is 32.4 cm³/mol. The molecule has 1 N–H and O–H groups in total. The summed E-state index contributed by atoms with van der Waals surface area (Å²) in [6, 6.07) is 0. The zero-order valence-electron chi connectivity index (χ0n) is 7.11. The Bertz CT molecular complexity index is 201. The number of carbonyl (C=O) groups is 3. The fourth-order valence-corrected chi connectivity index (χ4v) is 0.414. The SMILES string of the molecule is O=C([O-])CCC(=O)OC(=O)CO.[Na+]. The van der Waals surface area contributed by atoms with Gasteiger partial charge in [-0.25, -0.2) is 4.79 Å². The number of hydrogen-bond acceptors (Lipinski definition) is 6. The van der Waals surface area contributed by atoms with Crippen LogP contribution in [0.2, 0.25) is 0 Å². The summed E-state index contributed by atoms with van der Waals surface area (Å²) in [6.45, 7) is -0.906. The molecule has 0 rings (SSSR count). The van der Waals surface area contributed by atoms with Crippen LogP contribution < -0.4 is 34.7 Å². The maximum absolute atomic E-state index is 10.5. The van der Waals surface area contributed by atoms with Crippen molar-refractivity contribution in [1.82, 2.24) is 0 Å². The molecular weight excluding hydrogens is 191 g/mol. The van der Waals surface area contributed by atoms with Crippen molar-refractivity contribution in [2.45, 2.75) is 12.8 Å². The molecule has 0 atom stereocenters. The number of carboxylic acids is 1. The van der Waals surface area contributed by atoms with E-state index in [9.17, 15) is 19.5 Å². The molecule has 0 heterocycles. The topological polar surface area (TPSA) is 104 Å². The Hall–Kier alpha value is -0.430. The van der Waals surface area contributed by atoms with E-state index < -0.39 is 37.4 Å². The Balaban J connectivity index is 0. The quantitative estimate of drug-likeness (QED) is 0.274. The number of carbonyl (C=O) groups excluding carboxylic acids is 3. The molecule has 0 aromatic carbocycles.